The average molecular weight is 165 g/mol. The summed E-state index contributed by atoms with van der Waals surface area (Å²) >= 11 is 0. The van der Waals surface area contributed by atoms with E-state index in [9.17, 15) is 0 Å². The standard InChI is InChI=1S/C9H15N3/c1-3-8-4-9-10-5-7(2)6-12(9)11-8/h4,7,10H,3,5-6H2,1-2H3. The van der Waals surface area contributed by atoms with Gasteiger partial charge in [0, 0.05) is 19.2 Å². The molecule has 0 saturated carbocycles. The number of hydrogen-bond donors (Lipinski definition) is 1. The molecule has 0 spiro atoms. The van der Waals surface area contributed by atoms with E-state index >= 15 is 0 Å². The molecule has 1 atom stereocenters. The minimum atomic E-state index is 0.696. The van der Waals surface area contributed by atoms with Crippen molar-refractivity contribution in [3.8, 4) is 0 Å². The van der Waals surface area contributed by atoms with E-state index < -0.39 is 0 Å². The van der Waals surface area contributed by atoms with Gasteiger partial charge in [0.1, 0.15) is 5.82 Å². The molecule has 1 aromatic heterocycles. The van der Waals surface area contributed by atoms with Crippen LogP contribution in [0.1, 0.15) is 19.5 Å². The van der Waals surface area contributed by atoms with Gasteiger partial charge in [-0.1, -0.05) is 13.8 Å². The van der Waals surface area contributed by atoms with Crippen LogP contribution in [-0.4, -0.2) is 16.3 Å². The topological polar surface area (TPSA) is 29.9 Å². The van der Waals surface area contributed by atoms with Gasteiger partial charge in [-0.2, -0.15) is 5.10 Å². The van der Waals surface area contributed by atoms with E-state index in [2.05, 4.69) is 35.0 Å². The normalized spacial score (nSPS) is 21.7. The maximum absolute atomic E-state index is 4.47. The first-order chi connectivity index (χ1) is 5.79. The first-order valence-corrected chi connectivity index (χ1v) is 4.60. The largest absolute Gasteiger partial charge is 0.370 e. The third-order valence-corrected chi connectivity index (χ3v) is 2.31. The molecular formula is C9H15N3. The van der Waals surface area contributed by atoms with E-state index in [1.807, 2.05) is 0 Å². The fourth-order valence-electron chi connectivity index (χ4n) is 1.56. The van der Waals surface area contributed by atoms with Gasteiger partial charge in [-0.15, -0.1) is 0 Å². The quantitative estimate of drug-likeness (QED) is 0.683. The van der Waals surface area contributed by atoms with Gasteiger partial charge in [0.05, 0.1) is 5.69 Å². The summed E-state index contributed by atoms with van der Waals surface area (Å²) in [6.45, 7) is 6.51. The average Bonchev–Trinajstić information content (AvgIpc) is 2.46. The van der Waals surface area contributed by atoms with Crippen molar-refractivity contribution in [1.82, 2.24) is 9.78 Å². The fourth-order valence-corrected chi connectivity index (χ4v) is 1.56. The van der Waals surface area contributed by atoms with Crippen molar-refractivity contribution in [2.24, 2.45) is 5.92 Å². The second-order valence-corrected chi connectivity index (χ2v) is 3.54. The lowest BCUT2D eigenvalue weighted by Gasteiger charge is -2.21. The number of aromatic nitrogens is 2. The third kappa shape index (κ3) is 1.19. The number of fused-ring (bicyclic) bond motifs is 1. The first-order valence-electron chi connectivity index (χ1n) is 4.60. The van der Waals surface area contributed by atoms with Crippen LogP contribution in [0.3, 0.4) is 0 Å². The highest BCUT2D eigenvalue weighted by atomic mass is 15.3. The molecule has 1 aliphatic rings. The van der Waals surface area contributed by atoms with Crippen LogP contribution in [0.4, 0.5) is 5.82 Å². The zero-order chi connectivity index (χ0) is 8.55. The Bertz CT molecular complexity index is 277. The second kappa shape index (κ2) is 2.81. The lowest BCUT2D eigenvalue weighted by Crippen LogP contribution is -2.25. The molecule has 0 bridgehead atoms. The van der Waals surface area contributed by atoms with Crippen LogP contribution in [0.2, 0.25) is 0 Å². The molecule has 1 unspecified atom stereocenters. The van der Waals surface area contributed by atoms with Crippen LogP contribution in [-0.2, 0) is 13.0 Å². The van der Waals surface area contributed by atoms with Crippen LogP contribution in [0.5, 0.6) is 0 Å². The predicted octanol–water partition coefficient (Wildman–Crippen LogP) is 1.51. The molecule has 66 valence electrons. The number of rotatable bonds is 1. The molecule has 3 heteroatoms. The summed E-state index contributed by atoms with van der Waals surface area (Å²) < 4.78 is 2.08. The predicted molar refractivity (Wildman–Crippen MR) is 49.3 cm³/mol. The summed E-state index contributed by atoms with van der Waals surface area (Å²) in [6, 6.07) is 2.14. The lowest BCUT2D eigenvalue weighted by molar-refractivity contribution is 0.443. The molecule has 0 radical (unpaired) electrons. The zero-order valence-corrected chi connectivity index (χ0v) is 7.67. The summed E-state index contributed by atoms with van der Waals surface area (Å²) in [6.07, 6.45) is 1.02. The van der Waals surface area contributed by atoms with E-state index in [1.54, 1.807) is 0 Å². The van der Waals surface area contributed by atoms with E-state index in [4.69, 9.17) is 0 Å². The molecule has 0 aromatic carbocycles. The number of nitrogens with zero attached hydrogens (tertiary/aromatic N) is 2. The summed E-state index contributed by atoms with van der Waals surface area (Å²) in [5, 5.41) is 7.84. The van der Waals surface area contributed by atoms with Crippen molar-refractivity contribution < 1.29 is 0 Å². The van der Waals surface area contributed by atoms with Crippen LogP contribution >= 0.6 is 0 Å². The van der Waals surface area contributed by atoms with E-state index in [1.165, 1.54) is 11.5 Å². The van der Waals surface area contributed by atoms with E-state index in [-0.39, 0.29) is 0 Å². The van der Waals surface area contributed by atoms with Crippen molar-refractivity contribution in [3.63, 3.8) is 0 Å². The summed E-state index contributed by atoms with van der Waals surface area (Å²) in [7, 11) is 0. The Labute approximate surface area is 72.8 Å². The van der Waals surface area contributed by atoms with Crippen LogP contribution in [0.25, 0.3) is 0 Å². The molecule has 2 heterocycles. The van der Waals surface area contributed by atoms with Gasteiger partial charge in [-0.3, -0.25) is 0 Å². The molecule has 0 fully saturated rings. The zero-order valence-electron chi connectivity index (χ0n) is 7.67. The van der Waals surface area contributed by atoms with Crippen LogP contribution < -0.4 is 5.32 Å². The van der Waals surface area contributed by atoms with Crippen molar-refractivity contribution in [2.45, 2.75) is 26.8 Å². The maximum atomic E-state index is 4.47. The molecule has 12 heavy (non-hydrogen) atoms. The molecule has 0 amide bonds. The number of anilines is 1. The Balaban J connectivity index is 2.28. The number of nitrogens with one attached hydrogen (secondary N) is 1. The minimum Gasteiger partial charge on any atom is -0.370 e. The molecule has 2 rings (SSSR count). The second-order valence-electron chi connectivity index (χ2n) is 3.54. The maximum Gasteiger partial charge on any atom is 0.124 e. The van der Waals surface area contributed by atoms with Gasteiger partial charge in [-0.25, -0.2) is 4.68 Å². The van der Waals surface area contributed by atoms with Crippen molar-refractivity contribution in [1.29, 1.82) is 0 Å². The van der Waals surface area contributed by atoms with Gasteiger partial charge in [0.25, 0.3) is 0 Å². The molecule has 3 nitrogen and oxygen atoms in total. The minimum absolute atomic E-state index is 0.696. The Morgan fingerprint density at radius 1 is 1.75 bits per heavy atom. The monoisotopic (exact) mass is 165 g/mol. The van der Waals surface area contributed by atoms with Gasteiger partial charge in [-0.05, 0) is 12.3 Å². The van der Waals surface area contributed by atoms with Crippen molar-refractivity contribution >= 4 is 5.82 Å². The van der Waals surface area contributed by atoms with Crippen molar-refractivity contribution in [3.05, 3.63) is 11.8 Å². The van der Waals surface area contributed by atoms with Crippen LogP contribution in [0.15, 0.2) is 6.07 Å². The molecule has 0 aliphatic carbocycles. The lowest BCUT2D eigenvalue weighted by atomic mass is 10.1. The SMILES string of the molecule is CCc1cc2n(n1)CC(C)CN2. The highest BCUT2D eigenvalue weighted by molar-refractivity contribution is 5.38. The van der Waals surface area contributed by atoms with Crippen molar-refractivity contribution in [2.75, 3.05) is 11.9 Å². The summed E-state index contributed by atoms with van der Waals surface area (Å²) in [4.78, 5) is 0. The third-order valence-electron chi connectivity index (χ3n) is 2.31. The van der Waals surface area contributed by atoms with Gasteiger partial charge in [0.15, 0.2) is 0 Å². The van der Waals surface area contributed by atoms with Crippen LogP contribution in [0, 0.1) is 5.92 Å². The number of aryl methyl sites for hydroxylation is 1. The first kappa shape index (κ1) is 7.65. The summed E-state index contributed by atoms with van der Waals surface area (Å²) in [5.74, 6) is 1.88. The van der Waals surface area contributed by atoms with Gasteiger partial charge >= 0.3 is 0 Å². The number of hydrogen-bond acceptors (Lipinski definition) is 2. The van der Waals surface area contributed by atoms with E-state index in [0.29, 0.717) is 5.92 Å². The van der Waals surface area contributed by atoms with E-state index in [0.717, 1.165) is 19.5 Å². The smallest absolute Gasteiger partial charge is 0.124 e. The molecular weight excluding hydrogens is 150 g/mol. The highest BCUT2D eigenvalue weighted by Crippen LogP contribution is 2.18. The summed E-state index contributed by atoms with van der Waals surface area (Å²) in [5.41, 5.74) is 1.19. The fraction of sp³-hybridized carbons (Fsp3) is 0.667. The Kier molecular flexibility index (Phi) is 1.79. The van der Waals surface area contributed by atoms with Gasteiger partial charge in [0.2, 0.25) is 0 Å². The molecule has 1 aliphatic heterocycles. The Hall–Kier alpha value is -0.990. The van der Waals surface area contributed by atoms with Gasteiger partial charge < -0.3 is 5.32 Å². The Morgan fingerprint density at radius 2 is 2.58 bits per heavy atom. The molecule has 0 saturated heterocycles. The molecule has 1 N–H and O–H groups in total. The molecule has 1 aromatic rings. The Morgan fingerprint density at radius 3 is 3.33 bits per heavy atom. The highest BCUT2D eigenvalue weighted by Gasteiger charge is 2.15.